The zero-order valence-corrected chi connectivity index (χ0v) is 9.23. The van der Waals surface area contributed by atoms with E-state index >= 15 is 0 Å². The van der Waals surface area contributed by atoms with Gasteiger partial charge in [0.2, 0.25) is 5.28 Å². The van der Waals surface area contributed by atoms with Crippen LogP contribution < -0.4 is 5.76 Å². The van der Waals surface area contributed by atoms with E-state index < -0.39 is 5.76 Å². The SMILES string of the molecule is O=c1[nH]c2cc(-c3ccnc(Cl)n3)ccc2o1. The average molecular weight is 248 g/mol. The molecule has 0 amide bonds. The first-order valence-corrected chi connectivity index (χ1v) is 5.22. The molecular formula is C11H6ClN3O2. The molecule has 0 atom stereocenters. The van der Waals surface area contributed by atoms with Crippen molar-refractivity contribution in [2.45, 2.75) is 0 Å². The molecule has 0 bridgehead atoms. The number of aromatic amines is 1. The van der Waals surface area contributed by atoms with Crippen LogP contribution in [0.15, 0.2) is 39.7 Å². The number of oxazole rings is 1. The fourth-order valence-electron chi connectivity index (χ4n) is 1.61. The van der Waals surface area contributed by atoms with Gasteiger partial charge in [-0.3, -0.25) is 4.98 Å². The van der Waals surface area contributed by atoms with Crippen molar-refractivity contribution in [2.24, 2.45) is 0 Å². The van der Waals surface area contributed by atoms with E-state index in [4.69, 9.17) is 16.0 Å². The van der Waals surface area contributed by atoms with Gasteiger partial charge in [0.1, 0.15) is 0 Å². The molecule has 0 spiro atoms. The van der Waals surface area contributed by atoms with Crippen molar-refractivity contribution in [1.82, 2.24) is 15.0 Å². The smallest absolute Gasteiger partial charge is 0.408 e. The van der Waals surface area contributed by atoms with Crippen molar-refractivity contribution in [3.63, 3.8) is 0 Å². The highest BCUT2D eigenvalue weighted by molar-refractivity contribution is 6.28. The molecule has 0 radical (unpaired) electrons. The lowest BCUT2D eigenvalue weighted by Gasteiger charge is -1.99. The predicted molar refractivity (Wildman–Crippen MR) is 62.9 cm³/mol. The maximum absolute atomic E-state index is 11.0. The lowest BCUT2D eigenvalue weighted by molar-refractivity contribution is 0.555. The highest BCUT2D eigenvalue weighted by Crippen LogP contribution is 2.21. The first-order valence-electron chi connectivity index (χ1n) is 4.84. The van der Waals surface area contributed by atoms with E-state index in [1.54, 1.807) is 30.5 Å². The molecule has 5 nitrogen and oxygen atoms in total. The van der Waals surface area contributed by atoms with Crippen LogP contribution in [0.2, 0.25) is 5.28 Å². The molecule has 0 aliphatic heterocycles. The minimum Gasteiger partial charge on any atom is -0.408 e. The van der Waals surface area contributed by atoms with Crippen LogP contribution >= 0.6 is 11.6 Å². The molecule has 0 fully saturated rings. The van der Waals surface area contributed by atoms with E-state index in [0.29, 0.717) is 16.8 Å². The van der Waals surface area contributed by atoms with Crippen molar-refractivity contribution in [1.29, 1.82) is 0 Å². The number of H-pyrrole nitrogens is 1. The Morgan fingerprint density at radius 2 is 2.18 bits per heavy atom. The number of nitrogens with one attached hydrogen (secondary N) is 1. The van der Waals surface area contributed by atoms with Gasteiger partial charge in [-0.25, -0.2) is 14.8 Å². The molecule has 0 saturated heterocycles. The minimum atomic E-state index is -0.474. The Bertz CT molecular complexity index is 748. The molecule has 84 valence electrons. The second-order valence-electron chi connectivity index (χ2n) is 3.44. The van der Waals surface area contributed by atoms with Crippen LogP contribution in [0.25, 0.3) is 22.4 Å². The van der Waals surface area contributed by atoms with Crippen LogP contribution in [0, 0.1) is 0 Å². The van der Waals surface area contributed by atoms with E-state index in [1.807, 2.05) is 0 Å². The molecule has 17 heavy (non-hydrogen) atoms. The van der Waals surface area contributed by atoms with E-state index in [-0.39, 0.29) is 5.28 Å². The molecule has 2 heterocycles. The fraction of sp³-hybridized carbons (Fsp3) is 0. The molecule has 0 aliphatic rings. The highest BCUT2D eigenvalue weighted by atomic mass is 35.5. The summed E-state index contributed by atoms with van der Waals surface area (Å²) in [6.45, 7) is 0. The summed E-state index contributed by atoms with van der Waals surface area (Å²) < 4.78 is 4.91. The summed E-state index contributed by atoms with van der Waals surface area (Å²) in [6, 6.07) is 7.03. The highest BCUT2D eigenvalue weighted by Gasteiger charge is 2.05. The van der Waals surface area contributed by atoms with Gasteiger partial charge in [-0.05, 0) is 35.9 Å². The van der Waals surface area contributed by atoms with Crippen molar-refractivity contribution in [2.75, 3.05) is 0 Å². The number of aromatic nitrogens is 3. The van der Waals surface area contributed by atoms with Crippen molar-refractivity contribution >= 4 is 22.7 Å². The van der Waals surface area contributed by atoms with Gasteiger partial charge in [0, 0.05) is 11.8 Å². The molecule has 0 aliphatic carbocycles. The lowest BCUT2D eigenvalue weighted by Crippen LogP contribution is -1.93. The Hall–Kier alpha value is -2.14. The van der Waals surface area contributed by atoms with E-state index in [1.165, 1.54) is 0 Å². The summed E-state index contributed by atoms with van der Waals surface area (Å²) in [4.78, 5) is 21.5. The number of benzene rings is 1. The number of halogens is 1. The Balaban J connectivity index is 2.20. The van der Waals surface area contributed by atoms with Crippen LogP contribution in [-0.2, 0) is 0 Å². The molecule has 2 aromatic heterocycles. The summed E-state index contributed by atoms with van der Waals surface area (Å²) in [5, 5.41) is 0.184. The number of nitrogens with zero attached hydrogens (tertiary/aromatic N) is 2. The Morgan fingerprint density at radius 3 is 3.00 bits per heavy atom. The van der Waals surface area contributed by atoms with Crippen LogP contribution in [-0.4, -0.2) is 15.0 Å². The van der Waals surface area contributed by atoms with Gasteiger partial charge >= 0.3 is 5.76 Å². The van der Waals surface area contributed by atoms with Gasteiger partial charge < -0.3 is 4.42 Å². The number of rotatable bonds is 1. The third-order valence-corrected chi connectivity index (χ3v) is 2.52. The van der Waals surface area contributed by atoms with Crippen LogP contribution in [0.5, 0.6) is 0 Å². The summed E-state index contributed by atoms with van der Waals surface area (Å²) in [5.74, 6) is -0.474. The number of fused-ring (bicyclic) bond motifs is 1. The first-order chi connectivity index (χ1) is 8.22. The zero-order valence-electron chi connectivity index (χ0n) is 8.48. The molecule has 3 rings (SSSR count). The van der Waals surface area contributed by atoms with Crippen molar-refractivity contribution in [3.05, 3.63) is 46.3 Å². The minimum absolute atomic E-state index is 0.184. The fourth-order valence-corrected chi connectivity index (χ4v) is 1.75. The van der Waals surface area contributed by atoms with Crippen LogP contribution in [0.4, 0.5) is 0 Å². The van der Waals surface area contributed by atoms with Crippen LogP contribution in [0.3, 0.4) is 0 Å². The van der Waals surface area contributed by atoms with Gasteiger partial charge in [-0.15, -0.1) is 0 Å². The molecule has 6 heteroatoms. The topological polar surface area (TPSA) is 71.8 Å². The Morgan fingerprint density at radius 1 is 1.29 bits per heavy atom. The second-order valence-corrected chi connectivity index (χ2v) is 3.77. The predicted octanol–water partition coefficient (Wildman–Crippen LogP) is 2.23. The second kappa shape index (κ2) is 3.71. The van der Waals surface area contributed by atoms with Gasteiger partial charge in [0.15, 0.2) is 5.58 Å². The zero-order chi connectivity index (χ0) is 11.8. The van der Waals surface area contributed by atoms with Gasteiger partial charge in [0.05, 0.1) is 11.2 Å². The number of hydrogen-bond acceptors (Lipinski definition) is 4. The van der Waals surface area contributed by atoms with E-state index in [0.717, 1.165) is 5.56 Å². The van der Waals surface area contributed by atoms with Crippen molar-refractivity contribution < 1.29 is 4.42 Å². The molecule has 0 unspecified atom stereocenters. The van der Waals surface area contributed by atoms with Crippen molar-refractivity contribution in [3.8, 4) is 11.3 Å². The third kappa shape index (κ3) is 1.81. The molecule has 0 saturated carbocycles. The molecule has 3 aromatic rings. The van der Waals surface area contributed by atoms with E-state index in [9.17, 15) is 4.79 Å². The normalized spacial score (nSPS) is 10.9. The summed E-state index contributed by atoms with van der Waals surface area (Å²) in [6.07, 6.45) is 1.58. The van der Waals surface area contributed by atoms with Gasteiger partial charge in [-0.1, -0.05) is 0 Å². The first kappa shape index (κ1) is 10.0. The van der Waals surface area contributed by atoms with E-state index in [2.05, 4.69) is 15.0 Å². The molecular weight excluding hydrogens is 242 g/mol. The van der Waals surface area contributed by atoms with Crippen LogP contribution in [0.1, 0.15) is 0 Å². The monoisotopic (exact) mass is 247 g/mol. The van der Waals surface area contributed by atoms with Gasteiger partial charge in [0.25, 0.3) is 0 Å². The summed E-state index contributed by atoms with van der Waals surface area (Å²) >= 11 is 5.72. The maximum Gasteiger partial charge on any atom is 0.417 e. The number of hydrogen-bond donors (Lipinski definition) is 1. The molecule has 1 N–H and O–H groups in total. The Labute approximate surface area is 100 Å². The summed E-state index contributed by atoms with van der Waals surface area (Å²) in [7, 11) is 0. The maximum atomic E-state index is 11.0. The third-order valence-electron chi connectivity index (χ3n) is 2.34. The van der Waals surface area contributed by atoms with Gasteiger partial charge in [-0.2, -0.15) is 0 Å². The lowest BCUT2D eigenvalue weighted by atomic mass is 10.1. The average Bonchev–Trinajstić information content (AvgIpc) is 2.68. The molecule has 1 aromatic carbocycles. The summed E-state index contributed by atoms with van der Waals surface area (Å²) in [5.41, 5.74) is 2.66. The Kier molecular flexibility index (Phi) is 2.19. The quantitative estimate of drug-likeness (QED) is 0.670. The largest absolute Gasteiger partial charge is 0.417 e. The standard InChI is InChI=1S/C11H6ClN3O2/c12-10-13-4-3-7(14-10)6-1-2-9-8(5-6)15-11(16)17-9/h1-5H,(H,15,16).